The van der Waals surface area contributed by atoms with Crippen molar-refractivity contribution in [1.82, 2.24) is 24.4 Å². The molecule has 2 aliphatic heterocycles. The smallest absolute Gasteiger partial charge is 0.320 e. The van der Waals surface area contributed by atoms with Crippen LogP contribution in [0.5, 0.6) is 11.8 Å². The molecule has 49 heavy (non-hydrogen) atoms. The molecule has 0 amide bonds. The Morgan fingerprint density at radius 1 is 1.18 bits per heavy atom. The summed E-state index contributed by atoms with van der Waals surface area (Å²) in [6.07, 6.45) is 9.14. The monoisotopic (exact) mass is 674 g/mol. The quantitative estimate of drug-likeness (QED) is 0.143. The van der Waals surface area contributed by atoms with Crippen LogP contribution in [-0.4, -0.2) is 100 Å². The van der Waals surface area contributed by atoms with Gasteiger partial charge in [0.05, 0.1) is 11.2 Å². The van der Waals surface area contributed by atoms with Crippen LogP contribution < -0.4 is 14.4 Å². The lowest BCUT2D eigenvalue weighted by molar-refractivity contribution is 0.0447. The fourth-order valence-electron chi connectivity index (χ4n) is 7.25. The third-order valence-electron chi connectivity index (χ3n) is 9.94. The Hall–Kier alpha value is -4.38. The number of methoxy groups -OCH3 is 1. The maximum Gasteiger partial charge on any atom is 0.320 e. The zero-order chi connectivity index (χ0) is 34.4. The van der Waals surface area contributed by atoms with Crippen LogP contribution in [0.4, 0.5) is 14.6 Å². The largest absolute Gasteiger partial charge is 0.468 e. The minimum absolute atomic E-state index is 0.0374. The van der Waals surface area contributed by atoms with Crippen molar-refractivity contribution in [3.63, 3.8) is 0 Å². The van der Waals surface area contributed by atoms with Crippen molar-refractivity contribution < 1.29 is 32.9 Å². The molecule has 2 saturated heterocycles. The predicted octanol–water partition coefficient (Wildman–Crippen LogP) is 4.81. The maximum atomic E-state index is 15.1. The molecule has 3 fully saturated rings. The van der Waals surface area contributed by atoms with E-state index in [2.05, 4.69) is 10.9 Å². The number of aromatic nitrogens is 4. The van der Waals surface area contributed by atoms with Gasteiger partial charge in [-0.05, 0) is 76.1 Å². The number of terminal acetylenes is 1. The van der Waals surface area contributed by atoms with Gasteiger partial charge in [0.2, 0.25) is 5.78 Å². The molecule has 258 valence electrons. The van der Waals surface area contributed by atoms with Gasteiger partial charge >= 0.3 is 6.01 Å². The van der Waals surface area contributed by atoms with Gasteiger partial charge in [-0.1, -0.05) is 12.0 Å². The molecule has 0 radical (unpaired) electrons. The molecule has 7 rings (SSSR count). The molecule has 11 nitrogen and oxygen atoms in total. The summed E-state index contributed by atoms with van der Waals surface area (Å²) in [7, 11) is 3.34. The van der Waals surface area contributed by atoms with E-state index in [4.69, 9.17) is 30.6 Å². The van der Waals surface area contributed by atoms with Gasteiger partial charge < -0.3 is 28.8 Å². The summed E-state index contributed by atoms with van der Waals surface area (Å²) in [5.41, 5.74) is -0.0629. The first-order valence-electron chi connectivity index (χ1n) is 16.7. The van der Waals surface area contributed by atoms with E-state index >= 15 is 4.39 Å². The number of ether oxygens (including phenoxy) is 3. The Morgan fingerprint density at radius 2 is 2.00 bits per heavy atom. The zero-order valence-electron chi connectivity index (χ0n) is 27.9. The summed E-state index contributed by atoms with van der Waals surface area (Å²) in [5.74, 6) is 2.26. The van der Waals surface area contributed by atoms with E-state index < -0.39 is 23.4 Å². The van der Waals surface area contributed by atoms with Crippen LogP contribution in [0.25, 0.3) is 21.9 Å². The summed E-state index contributed by atoms with van der Waals surface area (Å²) < 4.78 is 48.0. The Morgan fingerprint density at radius 3 is 2.67 bits per heavy atom. The standard InChI is InChI=1S/C36H40F2N6O5/c1-5-26-28(38)11-10-21-14-25(49-20-47-4)16-27(29(21)26)31(45)34-39-32-30(44(34)23-8-6-9-23)33(43-13-7-12-36(2,46)19-43)41-35(40-32)48-18-24-15-22(37)17-42(24)3/h1,10-11,14,16,22-24,46H,6-9,12-13,15,17-20H2,2-4H3/t22-,24+,36-/m1/s1. The Kier molecular flexibility index (Phi) is 8.89. The Bertz CT molecular complexity index is 1950. The lowest BCUT2D eigenvalue weighted by Crippen LogP contribution is -2.46. The molecule has 13 heteroatoms. The van der Waals surface area contributed by atoms with Crippen LogP contribution in [0.15, 0.2) is 24.3 Å². The van der Waals surface area contributed by atoms with Gasteiger partial charge in [-0.3, -0.25) is 9.69 Å². The van der Waals surface area contributed by atoms with E-state index in [9.17, 15) is 14.3 Å². The van der Waals surface area contributed by atoms with Crippen molar-refractivity contribution in [3.8, 4) is 24.1 Å². The molecule has 0 spiro atoms. The number of nitrogens with zero attached hydrogens (tertiary/aromatic N) is 6. The molecule has 0 unspecified atom stereocenters. The van der Waals surface area contributed by atoms with Crippen LogP contribution in [0, 0.1) is 18.2 Å². The fourth-order valence-corrected chi connectivity index (χ4v) is 7.25. The highest BCUT2D eigenvalue weighted by Crippen LogP contribution is 2.41. The Balaban J connectivity index is 1.40. The van der Waals surface area contributed by atoms with Crippen molar-refractivity contribution in [1.29, 1.82) is 0 Å². The molecule has 0 bridgehead atoms. The van der Waals surface area contributed by atoms with Crippen LogP contribution >= 0.6 is 0 Å². The molecule has 4 heterocycles. The van der Waals surface area contributed by atoms with Crippen molar-refractivity contribution >= 4 is 33.5 Å². The van der Waals surface area contributed by atoms with Crippen LogP contribution in [0.3, 0.4) is 0 Å². The minimum atomic E-state index is -0.962. The SMILES string of the molecule is C#Cc1c(F)ccc2cc(OCOC)cc(C(=O)c3nc4nc(OC[C@@H]5C[C@@H](F)CN5C)nc(N5CCC[C@@](C)(O)C5)c4n3C3CCC3)c12. The first-order valence-corrected chi connectivity index (χ1v) is 16.7. The van der Waals surface area contributed by atoms with Crippen LogP contribution in [0.2, 0.25) is 0 Å². The highest BCUT2D eigenvalue weighted by molar-refractivity contribution is 6.17. The van der Waals surface area contributed by atoms with Gasteiger partial charge in [0.25, 0.3) is 0 Å². The number of likely N-dealkylation sites (tertiary alicyclic amines) is 1. The number of carbonyl (C=O) groups is 1. The fraction of sp³-hybridized carbons (Fsp3) is 0.500. The van der Waals surface area contributed by atoms with Crippen molar-refractivity contribution in [2.24, 2.45) is 0 Å². The van der Waals surface area contributed by atoms with Gasteiger partial charge in [0.15, 0.2) is 24.1 Å². The topological polar surface area (TPSA) is 115 Å². The average molecular weight is 675 g/mol. The third-order valence-corrected chi connectivity index (χ3v) is 9.94. The van der Waals surface area contributed by atoms with E-state index in [-0.39, 0.29) is 59.5 Å². The first kappa shape index (κ1) is 33.1. The summed E-state index contributed by atoms with van der Waals surface area (Å²) in [6, 6.07) is 5.88. The van der Waals surface area contributed by atoms with Crippen LogP contribution in [-0.2, 0) is 4.74 Å². The van der Waals surface area contributed by atoms with Crippen molar-refractivity contribution in [3.05, 3.63) is 47.0 Å². The molecule has 3 aliphatic rings. The second kappa shape index (κ2) is 13.2. The molecule has 4 aromatic rings. The molecular formula is C36H40F2N6O5. The van der Waals surface area contributed by atoms with E-state index in [1.54, 1.807) is 19.1 Å². The van der Waals surface area contributed by atoms with Crippen molar-refractivity contribution in [2.45, 2.75) is 69.3 Å². The molecular weight excluding hydrogens is 634 g/mol. The number of ketones is 1. The number of likely N-dealkylation sites (N-methyl/N-ethyl adjacent to an activating group) is 1. The number of benzene rings is 2. The number of alkyl halides is 1. The highest BCUT2D eigenvalue weighted by atomic mass is 19.1. The lowest BCUT2D eigenvalue weighted by atomic mass is 9.91. The average Bonchev–Trinajstić information content (AvgIpc) is 3.58. The summed E-state index contributed by atoms with van der Waals surface area (Å²) in [5, 5.41) is 11.9. The number of aliphatic hydroxyl groups is 1. The number of hydrogen-bond acceptors (Lipinski definition) is 10. The summed E-state index contributed by atoms with van der Waals surface area (Å²) >= 11 is 0. The zero-order valence-corrected chi connectivity index (χ0v) is 27.9. The van der Waals surface area contributed by atoms with Gasteiger partial charge in [-0.25, -0.2) is 13.8 Å². The van der Waals surface area contributed by atoms with E-state index in [0.717, 1.165) is 25.7 Å². The number of β-amino-alcohol motifs (C(OH)–C–C–N with tert-alkyl or cyclic N) is 1. The third kappa shape index (κ3) is 6.29. The second-order valence-corrected chi connectivity index (χ2v) is 13.7. The second-order valence-electron chi connectivity index (χ2n) is 13.7. The first-order chi connectivity index (χ1) is 23.6. The molecule has 2 aromatic heterocycles. The van der Waals surface area contributed by atoms with Gasteiger partial charge in [-0.15, -0.1) is 6.42 Å². The molecule has 2 aromatic carbocycles. The summed E-state index contributed by atoms with van der Waals surface area (Å²) in [6.45, 7) is 3.16. The summed E-state index contributed by atoms with van der Waals surface area (Å²) in [4.78, 5) is 33.1. The number of halogens is 2. The number of rotatable bonds is 10. The number of anilines is 1. The normalized spacial score (nSPS) is 23.2. The predicted molar refractivity (Wildman–Crippen MR) is 179 cm³/mol. The number of imidazole rings is 1. The molecule has 3 atom stereocenters. The molecule has 1 saturated carbocycles. The Labute approximate surface area is 283 Å². The lowest BCUT2D eigenvalue weighted by Gasteiger charge is -2.38. The highest BCUT2D eigenvalue weighted by Gasteiger charge is 2.36. The van der Waals surface area contributed by atoms with E-state index in [1.165, 1.54) is 19.2 Å². The van der Waals surface area contributed by atoms with Gasteiger partial charge in [-0.2, -0.15) is 9.97 Å². The van der Waals surface area contributed by atoms with Gasteiger partial charge in [0, 0.05) is 49.8 Å². The minimum Gasteiger partial charge on any atom is -0.468 e. The number of fused-ring (bicyclic) bond motifs is 2. The number of hydrogen-bond donors (Lipinski definition) is 1. The number of piperidine rings is 1. The van der Waals surface area contributed by atoms with Crippen LogP contribution in [0.1, 0.15) is 73.2 Å². The van der Waals surface area contributed by atoms with E-state index in [0.29, 0.717) is 54.9 Å². The van der Waals surface area contributed by atoms with Crippen molar-refractivity contribution in [2.75, 3.05) is 52.1 Å². The molecule has 1 N–H and O–H groups in total. The maximum absolute atomic E-state index is 15.1. The molecule has 1 aliphatic carbocycles. The number of carbonyl (C=O) groups excluding carboxylic acids is 1. The van der Waals surface area contributed by atoms with Gasteiger partial charge in [0.1, 0.15) is 29.9 Å². The van der Waals surface area contributed by atoms with E-state index in [1.807, 2.05) is 21.4 Å².